The van der Waals surface area contributed by atoms with Gasteiger partial charge in [0.05, 0.1) is 11.4 Å². The minimum absolute atomic E-state index is 0.0847. The van der Waals surface area contributed by atoms with Crippen molar-refractivity contribution in [2.45, 2.75) is 32.4 Å². The van der Waals surface area contributed by atoms with Gasteiger partial charge in [0.25, 0.3) is 5.91 Å². The summed E-state index contributed by atoms with van der Waals surface area (Å²) in [6, 6.07) is 15.8. The van der Waals surface area contributed by atoms with Crippen molar-refractivity contribution in [1.82, 2.24) is 30.4 Å². The van der Waals surface area contributed by atoms with Gasteiger partial charge in [0.15, 0.2) is 5.65 Å². The van der Waals surface area contributed by atoms with Crippen LogP contribution in [-0.4, -0.2) is 38.7 Å². The molecule has 8 heteroatoms. The smallest absolute Gasteiger partial charge is 0.251 e. The van der Waals surface area contributed by atoms with Crippen molar-refractivity contribution < 1.29 is 4.79 Å². The third-order valence-electron chi connectivity index (χ3n) is 6.10. The van der Waals surface area contributed by atoms with Crippen LogP contribution in [0.5, 0.6) is 0 Å². The van der Waals surface area contributed by atoms with Gasteiger partial charge in [0.1, 0.15) is 17.8 Å². The van der Waals surface area contributed by atoms with Gasteiger partial charge in [0.2, 0.25) is 0 Å². The Morgan fingerprint density at radius 3 is 2.82 bits per heavy atom. The van der Waals surface area contributed by atoms with Crippen molar-refractivity contribution in [2.24, 2.45) is 0 Å². The molecule has 1 fully saturated rings. The molecule has 2 aromatic heterocycles. The molecule has 2 aromatic carbocycles. The van der Waals surface area contributed by atoms with E-state index in [0.717, 1.165) is 59.3 Å². The van der Waals surface area contributed by atoms with Gasteiger partial charge in [-0.15, -0.1) is 0 Å². The van der Waals surface area contributed by atoms with Crippen LogP contribution in [0, 0.1) is 6.92 Å². The summed E-state index contributed by atoms with van der Waals surface area (Å²) in [4.78, 5) is 21.1. The highest BCUT2D eigenvalue weighted by Gasteiger charge is 2.23. The number of benzene rings is 2. The lowest BCUT2D eigenvalue weighted by atomic mass is 10.1. The van der Waals surface area contributed by atoms with Crippen LogP contribution in [0.25, 0.3) is 22.3 Å². The summed E-state index contributed by atoms with van der Waals surface area (Å²) >= 11 is 0. The zero-order chi connectivity index (χ0) is 22.8. The quantitative estimate of drug-likeness (QED) is 0.439. The van der Waals surface area contributed by atoms with E-state index in [1.54, 1.807) is 0 Å². The van der Waals surface area contributed by atoms with E-state index in [-0.39, 0.29) is 11.9 Å². The summed E-state index contributed by atoms with van der Waals surface area (Å²) in [7, 11) is 0. The van der Waals surface area contributed by atoms with Crippen molar-refractivity contribution in [3.05, 3.63) is 71.5 Å². The molecule has 3 heterocycles. The predicted molar refractivity (Wildman–Crippen MR) is 129 cm³/mol. The van der Waals surface area contributed by atoms with E-state index < -0.39 is 0 Å². The van der Waals surface area contributed by atoms with E-state index in [0.29, 0.717) is 17.9 Å². The van der Waals surface area contributed by atoms with Crippen LogP contribution >= 0.6 is 0 Å². The first-order valence-electron chi connectivity index (χ1n) is 11.2. The molecule has 8 nitrogen and oxygen atoms in total. The third-order valence-corrected chi connectivity index (χ3v) is 6.10. The van der Waals surface area contributed by atoms with Gasteiger partial charge in [-0.1, -0.05) is 42.0 Å². The van der Waals surface area contributed by atoms with Gasteiger partial charge >= 0.3 is 0 Å². The number of nitrogen functional groups attached to an aromatic ring is 1. The number of rotatable bonds is 5. The second kappa shape index (κ2) is 8.99. The second-order valence-corrected chi connectivity index (χ2v) is 8.50. The number of anilines is 1. The first kappa shape index (κ1) is 21.1. The molecular weight excluding hydrogens is 414 g/mol. The number of fused-ring (bicyclic) bond motifs is 1. The van der Waals surface area contributed by atoms with E-state index in [1.807, 2.05) is 60.1 Å². The van der Waals surface area contributed by atoms with Crippen molar-refractivity contribution in [1.29, 1.82) is 0 Å². The molecule has 4 aromatic rings. The molecule has 1 aliphatic rings. The van der Waals surface area contributed by atoms with E-state index in [2.05, 4.69) is 20.6 Å². The highest BCUT2D eigenvalue weighted by atomic mass is 16.1. The predicted octanol–water partition coefficient (Wildman–Crippen LogP) is 3.24. The van der Waals surface area contributed by atoms with Crippen LogP contribution in [0.3, 0.4) is 0 Å². The zero-order valence-corrected chi connectivity index (χ0v) is 18.6. The van der Waals surface area contributed by atoms with Crippen LogP contribution in [0.4, 0.5) is 5.82 Å². The lowest BCUT2D eigenvalue weighted by Gasteiger charge is -2.23. The number of carbonyl (C=O) groups is 1. The Labute approximate surface area is 192 Å². The first-order valence-corrected chi connectivity index (χ1v) is 11.2. The Kier molecular flexibility index (Phi) is 5.75. The maximum atomic E-state index is 12.4. The number of piperidine rings is 1. The number of amides is 1. The van der Waals surface area contributed by atoms with Crippen molar-refractivity contribution in [3.8, 4) is 11.3 Å². The maximum Gasteiger partial charge on any atom is 0.251 e. The van der Waals surface area contributed by atoms with E-state index in [4.69, 9.17) is 10.8 Å². The molecule has 1 aliphatic heterocycles. The third kappa shape index (κ3) is 4.29. The number of nitrogens with one attached hydrogen (secondary N) is 2. The van der Waals surface area contributed by atoms with Crippen LogP contribution < -0.4 is 16.4 Å². The summed E-state index contributed by atoms with van der Waals surface area (Å²) < 4.78 is 1.99. The van der Waals surface area contributed by atoms with Gasteiger partial charge in [-0.2, -0.15) is 5.10 Å². The van der Waals surface area contributed by atoms with Gasteiger partial charge in [-0.05, 0) is 44.0 Å². The van der Waals surface area contributed by atoms with Crippen LogP contribution in [-0.2, 0) is 6.54 Å². The lowest BCUT2D eigenvalue weighted by molar-refractivity contribution is 0.0951. The second-order valence-electron chi connectivity index (χ2n) is 8.50. The van der Waals surface area contributed by atoms with Crippen LogP contribution in [0.1, 0.15) is 40.4 Å². The fourth-order valence-electron chi connectivity index (χ4n) is 4.35. The molecule has 0 aliphatic carbocycles. The Hall–Kier alpha value is -3.78. The first-order chi connectivity index (χ1) is 16.1. The molecule has 0 unspecified atom stereocenters. The molecule has 0 saturated carbocycles. The van der Waals surface area contributed by atoms with Crippen LogP contribution in [0.15, 0.2) is 54.9 Å². The molecule has 4 N–H and O–H groups in total. The van der Waals surface area contributed by atoms with Gasteiger partial charge in [0, 0.05) is 24.2 Å². The highest BCUT2D eigenvalue weighted by molar-refractivity contribution is 5.98. The summed E-state index contributed by atoms with van der Waals surface area (Å²) in [5.74, 6) is 0.345. The van der Waals surface area contributed by atoms with Gasteiger partial charge in [-0.3, -0.25) is 4.79 Å². The number of hydrogen-bond acceptors (Lipinski definition) is 6. The summed E-state index contributed by atoms with van der Waals surface area (Å²) in [6.07, 6.45) is 3.65. The molecule has 1 atom stereocenters. The van der Waals surface area contributed by atoms with Crippen molar-refractivity contribution in [3.63, 3.8) is 0 Å². The Morgan fingerprint density at radius 2 is 2.06 bits per heavy atom. The van der Waals surface area contributed by atoms with Crippen molar-refractivity contribution >= 4 is 22.8 Å². The molecule has 5 rings (SSSR count). The molecule has 0 radical (unpaired) electrons. The van der Waals surface area contributed by atoms with Gasteiger partial charge < -0.3 is 16.4 Å². The molecular formula is C25H27N7O. The van der Waals surface area contributed by atoms with Crippen LogP contribution in [0.2, 0.25) is 0 Å². The number of nitrogens with zero attached hydrogens (tertiary/aromatic N) is 4. The minimum atomic E-state index is -0.0847. The van der Waals surface area contributed by atoms with E-state index >= 15 is 0 Å². The zero-order valence-electron chi connectivity index (χ0n) is 18.6. The Morgan fingerprint density at radius 1 is 1.21 bits per heavy atom. The molecule has 1 amide bonds. The largest absolute Gasteiger partial charge is 0.383 e. The number of aryl methyl sites for hydroxylation is 1. The molecule has 0 bridgehead atoms. The topological polar surface area (TPSA) is 111 Å². The molecule has 168 valence electrons. The molecule has 1 saturated heterocycles. The fourth-order valence-corrected chi connectivity index (χ4v) is 4.35. The monoisotopic (exact) mass is 441 g/mol. The normalized spacial score (nSPS) is 16.1. The fraction of sp³-hybridized carbons (Fsp3) is 0.280. The van der Waals surface area contributed by atoms with E-state index in [9.17, 15) is 4.79 Å². The summed E-state index contributed by atoms with van der Waals surface area (Å²) in [6.45, 7) is 4.31. The summed E-state index contributed by atoms with van der Waals surface area (Å²) in [5.41, 5.74) is 11.5. The SMILES string of the molecule is Cc1cccc(C(=O)NCc2ccc(-c3nn([C@@H]4CCCNC4)c4ncnc(N)c34)cc2)c1. The van der Waals surface area contributed by atoms with Gasteiger partial charge in [-0.25, -0.2) is 14.6 Å². The average molecular weight is 442 g/mol. The highest BCUT2D eigenvalue weighted by Crippen LogP contribution is 2.32. The average Bonchev–Trinajstić information content (AvgIpc) is 3.24. The molecule has 33 heavy (non-hydrogen) atoms. The minimum Gasteiger partial charge on any atom is -0.383 e. The Balaban J connectivity index is 1.39. The number of hydrogen-bond donors (Lipinski definition) is 3. The molecule has 0 spiro atoms. The summed E-state index contributed by atoms with van der Waals surface area (Å²) in [5, 5.41) is 12.1. The maximum absolute atomic E-state index is 12.4. The number of aromatic nitrogens is 4. The standard InChI is InChI=1S/C25H27N7O/c1-16-4-2-5-19(12-16)25(33)28-13-17-7-9-18(10-8-17)22-21-23(26)29-15-30-24(21)32(31-22)20-6-3-11-27-14-20/h2,4-5,7-10,12,15,20,27H,3,6,11,13-14H2,1H3,(H,28,33)(H2,26,29,30)/t20-/m1/s1. The number of carbonyl (C=O) groups excluding carboxylic acids is 1. The lowest BCUT2D eigenvalue weighted by Crippen LogP contribution is -2.32. The Bertz CT molecular complexity index is 1290. The number of nitrogens with two attached hydrogens (primary N) is 1. The van der Waals surface area contributed by atoms with E-state index in [1.165, 1.54) is 6.33 Å². The van der Waals surface area contributed by atoms with Crippen molar-refractivity contribution in [2.75, 3.05) is 18.8 Å².